The highest BCUT2D eigenvalue weighted by Crippen LogP contribution is 2.46. The van der Waals surface area contributed by atoms with Gasteiger partial charge >= 0.3 is 0 Å². The third-order valence-corrected chi connectivity index (χ3v) is 3.59. The Bertz CT molecular complexity index is 914. The van der Waals surface area contributed by atoms with Crippen molar-refractivity contribution in [2.75, 3.05) is 0 Å². The lowest BCUT2D eigenvalue weighted by atomic mass is 9.69. The topological polar surface area (TPSA) is 129 Å². The molecule has 1 aliphatic carbocycles. The maximum Gasteiger partial charge on any atom is 0.230 e. The average molecular weight is 298 g/mol. The number of hydrogen-bond acceptors (Lipinski definition) is 6. The van der Waals surface area contributed by atoms with E-state index in [1.807, 2.05) is 0 Å². The molecule has 106 valence electrons. The summed E-state index contributed by atoms with van der Waals surface area (Å²) >= 11 is 0. The molecule has 1 aromatic rings. The van der Waals surface area contributed by atoms with Gasteiger partial charge in [0, 0.05) is 17.7 Å². The first-order chi connectivity index (χ1) is 11.1. The number of allylic oxidation sites excluding steroid dienone is 4. The molecule has 23 heavy (non-hydrogen) atoms. The van der Waals surface area contributed by atoms with Crippen molar-refractivity contribution in [3.63, 3.8) is 0 Å². The summed E-state index contributed by atoms with van der Waals surface area (Å²) in [5.74, 6) is -1.89. The van der Waals surface area contributed by atoms with Gasteiger partial charge in [-0.05, 0) is 5.56 Å². The molecule has 0 N–H and O–H groups in total. The van der Waals surface area contributed by atoms with Crippen LogP contribution in [-0.2, 0) is 10.2 Å². The van der Waals surface area contributed by atoms with E-state index in [2.05, 4.69) is 0 Å². The van der Waals surface area contributed by atoms with Crippen LogP contribution in [0.4, 0.5) is 0 Å². The molecule has 6 heteroatoms. The molecule has 0 fully saturated rings. The van der Waals surface area contributed by atoms with E-state index in [0.29, 0.717) is 0 Å². The van der Waals surface area contributed by atoms with Crippen molar-refractivity contribution in [3.05, 3.63) is 58.7 Å². The van der Waals surface area contributed by atoms with E-state index in [9.17, 15) is 20.1 Å². The van der Waals surface area contributed by atoms with Crippen molar-refractivity contribution in [1.29, 1.82) is 21.0 Å². The van der Waals surface area contributed by atoms with E-state index in [-0.39, 0.29) is 22.3 Å². The molecule has 6 nitrogen and oxygen atoms in total. The lowest BCUT2D eigenvalue weighted by Crippen LogP contribution is -2.37. The summed E-state index contributed by atoms with van der Waals surface area (Å²) in [5.41, 5.74) is -2.60. The summed E-state index contributed by atoms with van der Waals surface area (Å²) in [4.78, 5) is 25.0. The van der Waals surface area contributed by atoms with Crippen molar-refractivity contribution in [2.24, 2.45) is 0 Å². The van der Waals surface area contributed by atoms with E-state index in [4.69, 9.17) is 10.5 Å². The van der Waals surface area contributed by atoms with Crippen molar-refractivity contribution < 1.29 is 9.59 Å². The fourth-order valence-electron chi connectivity index (χ4n) is 2.68. The molecular formula is C17H6N4O2. The normalized spacial score (nSPS) is 20.0. The number of nitrogens with zero attached hydrogens (tertiary/aromatic N) is 4. The zero-order valence-electron chi connectivity index (χ0n) is 11.6. The summed E-state index contributed by atoms with van der Waals surface area (Å²) in [6.07, 6.45) is 1.63. The van der Waals surface area contributed by atoms with E-state index in [0.717, 1.165) is 12.2 Å². The van der Waals surface area contributed by atoms with Crippen LogP contribution in [0.2, 0.25) is 0 Å². The third kappa shape index (κ3) is 1.92. The minimum Gasteiger partial charge on any atom is -0.289 e. The number of fused-ring (bicyclic) bond motifs is 1. The number of carbonyl (C=O) groups excluding carboxylic acids is 2. The second-order valence-corrected chi connectivity index (χ2v) is 4.55. The minimum atomic E-state index is -2.04. The third-order valence-electron chi connectivity index (χ3n) is 3.59. The summed E-state index contributed by atoms with van der Waals surface area (Å²) < 4.78 is 0. The average Bonchev–Trinajstić information content (AvgIpc) is 2.80. The minimum absolute atomic E-state index is 0.0516. The molecule has 1 aliphatic rings. The standard InChI is InChI=1S/C17H6N4O2/c18-7-5-11(9-20)17(12(10-21)6-8-19)14-4-2-1-3-13(14)15(22)16(17)23/h1-6H. The number of rotatable bonds is 2. The Hall–Kier alpha value is -4.00. The highest BCUT2D eigenvalue weighted by Gasteiger charge is 2.57. The van der Waals surface area contributed by atoms with Gasteiger partial charge in [-0.2, -0.15) is 21.0 Å². The second-order valence-electron chi connectivity index (χ2n) is 4.55. The van der Waals surface area contributed by atoms with E-state index in [1.165, 1.54) is 12.1 Å². The number of Topliss-reactive ketones (excluding diaryl/α,β-unsaturated/α-hetero) is 2. The van der Waals surface area contributed by atoms with Crippen molar-refractivity contribution >= 4 is 11.6 Å². The van der Waals surface area contributed by atoms with Gasteiger partial charge in [0.1, 0.15) is 5.41 Å². The van der Waals surface area contributed by atoms with Crippen LogP contribution in [0.3, 0.4) is 0 Å². The first-order valence-electron chi connectivity index (χ1n) is 6.28. The van der Waals surface area contributed by atoms with Gasteiger partial charge in [0.15, 0.2) is 0 Å². The molecule has 0 radical (unpaired) electrons. The Morgan fingerprint density at radius 1 is 0.913 bits per heavy atom. The largest absolute Gasteiger partial charge is 0.289 e. The van der Waals surface area contributed by atoms with Crippen LogP contribution in [0.25, 0.3) is 0 Å². The maximum absolute atomic E-state index is 12.7. The van der Waals surface area contributed by atoms with Crippen molar-refractivity contribution in [2.45, 2.75) is 5.41 Å². The van der Waals surface area contributed by atoms with Gasteiger partial charge < -0.3 is 0 Å². The second kappa shape index (κ2) is 5.78. The number of ketones is 2. The monoisotopic (exact) mass is 298 g/mol. The van der Waals surface area contributed by atoms with Crippen LogP contribution in [0.15, 0.2) is 47.6 Å². The number of nitriles is 4. The van der Waals surface area contributed by atoms with Gasteiger partial charge in [0.05, 0.1) is 35.4 Å². The van der Waals surface area contributed by atoms with Gasteiger partial charge in [-0.3, -0.25) is 9.59 Å². The molecule has 0 spiro atoms. The van der Waals surface area contributed by atoms with E-state index < -0.39 is 17.0 Å². The Balaban J connectivity index is 3.05. The Morgan fingerprint density at radius 3 is 1.91 bits per heavy atom. The lowest BCUT2D eigenvalue weighted by molar-refractivity contribution is -0.117. The smallest absolute Gasteiger partial charge is 0.230 e. The summed E-state index contributed by atoms with van der Waals surface area (Å²) in [5, 5.41) is 36.5. The van der Waals surface area contributed by atoms with Gasteiger partial charge in [0.25, 0.3) is 0 Å². The molecule has 1 aromatic carbocycles. The van der Waals surface area contributed by atoms with Crippen molar-refractivity contribution in [1.82, 2.24) is 0 Å². The van der Waals surface area contributed by atoms with Crippen LogP contribution in [0.5, 0.6) is 0 Å². The SMILES string of the molecule is N#CC=C(C#N)C1(C(C#N)=CC#N)C(=O)C(=O)c2ccccc21. The maximum atomic E-state index is 12.7. The molecule has 0 bridgehead atoms. The fourth-order valence-corrected chi connectivity index (χ4v) is 2.68. The lowest BCUT2D eigenvalue weighted by Gasteiger charge is -2.25. The molecule has 0 amide bonds. The van der Waals surface area contributed by atoms with Crippen LogP contribution >= 0.6 is 0 Å². The van der Waals surface area contributed by atoms with Gasteiger partial charge in [-0.25, -0.2) is 0 Å². The summed E-state index contributed by atoms with van der Waals surface area (Å²) in [7, 11) is 0. The zero-order valence-corrected chi connectivity index (χ0v) is 11.6. The van der Waals surface area contributed by atoms with Crippen LogP contribution in [0.1, 0.15) is 15.9 Å². The van der Waals surface area contributed by atoms with Crippen LogP contribution < -0.4 is 0 Å². The molecule has 0 unspecified atom stereocenters. The van der Waals surface area contributed by atoms with Gasteiger partial charge in [0.2, 0.25) is 11.6 Å². The van der Waals surface area contributed by atoms with Crippen LogP contribution in [0, 0.1) is 45.3 Å². The first kappa shape index (κ1) is 15.4. The molecule has 0 aromatic heterocycles. The van der Waals surface area contributed by atoms with Crippen LogP contribution in [-0.4, -0.2) is 11.6 Å². The Morgan fingerprint density at radius 2 is 1.43 bits per heavy atom. The molecule has 0 atom stereocenters. The highest BCUT2D eigenvalue weighted by molar-refractivity contribution is 6.52. The summed E-state index contributed by atoms with van der Waals surface area (Å²) in [6, 6.07) is 12.6. The predicted octanol–water partition coefficient (Wildman–Crippen LogP) is 1.64. The predicted molar refractivity (Wildman–Crippen MR) is 76.1 cm³/mol. The van der Waals surface area contributed by atoms with E-state index >= 15 is 0 Å². The van der Waals surface area contributed by atoms with Gasteiger partial charge in [-0.1, -0.05) is 24.3 Å². The molecule has 0 saturated carbocycles. The molecule has 0 saturated heterocycles. The number of hydrogen-bond donors (Lipinski definition) is 0. The molecule has 0 aliphatic heterocycles. The Kier molecular flexibility index (Phi) is 3.87. The number of carbonyl (C=O) groups is 2. The van der Waals surface area contributed by atoms with Gasteiger partial charge in [-0.15, -0.1) is 0 Å². The molecule has 2 rings (SSSR count). The Labute approximate surface area is 131 Å². The van der Waals surface area contributed by atoms with E-state index in [1.54, 1.807) is 36.4 Å². The molecule has 0 heterocycles. The summed E-state index contributed by atoms with van der Waals surface area (Å²) in [6.45, 7) is 0. The fraction of sp³-hybridized carbons (Fsp3) is 0.0588. The molecular weight excluding hydrogens is 292 g/mol. The number of benzene rings is 1. The zero-order chi connectivity index (χ0) is 17.0. The first-order valence-corrected chi connectivity index (χ1v) is 6.28. The quantitative estimate of drug-likeness (QED) is 0.602. The highest BCUT2D eigenvalue weighted by atomic mass is 16.2. The van der Waals surface area contributed by atoms with Crippen molar-refractivity contribution in [3.8, 4) is 24.3 Å².